The first kappa shape index (κ1) is 27.5. The van der Waals surface area contributed by atoms with Crippen molar-refractivity contribution >= 4 is 57.4 Å². The fourth-order valence-electron chi connectivity index (χ4n) is 5.72. The summed E-state index contributed by atoms with van der Waals surface area (Å²) in [5, 5.41) is 5.99. The van der Waals surface area contributed by atoms with Gasteiger partial charge in [-0.25, -0.2) is 0 Å². The Balaban J connectivity index is 1.28. The van der Waals surface area contributed by atoms with Crippen molar-refractivity contribution in [1.82, 2.24) is 10.2 Å². The third kappa shape index (κ3) is 5.92. The number of carbonyl (C=O) groups is 3. The molecular weight excluding hydrogens is 533 g/mol. The summed E-state index contributed by atoms with van der Waals surface area (Å²) in [6, 6.07) is 16.4. The molecule has 0 unspecified atom stereocenters. The molecule has 1 fully saturated rings. The Morgan fingerprint density at radius 3 is 2.51 bits per heavy atom. The van der Waals surface area contributed by atoms with Crippen molar-refractivity contribution in [1.29, 1.82) is 0 Å². The molecule has 5 rings (SSSR count). The van der Waals surface area contributed by atoms with Crippen LogP contribution in [0.1, 0.15) is 67.8 Å². The molecule has 204 valence electrons. The van der Waals surface area contributed by atoms with E-state index in [2.05, 4.69) is 5.32 Å². The number of benzene rings is 3. The number of nitrogens with zero attached hydrogens (tertiary/aromatic N) is 2. The molecule has 3 aromatic rings. The third-order valence-corrected chi connectivity index (χ3v) is 8.62. The molecule has 0 bridgehead atoms. The average Bonchev–Trinajstić information content (AvgIpc) is 3.21. The normalized spacial score (nSPS) is 16.0. The molecule has 1 aliphatic heterocycles. The minimum absolute atomic E-state index is 0.0397. The van der Waals surface area contributed by atoms with Crippen molar-refractivity contribution in [2.24, 2.45) is 0 Å². The summed E-state index contributed by atoms with van der Waals surface area (Å²) in [5.41, 5.74) is 2.38. The van der Waals surface area contributed by atoms with Crippen LogP contribution in [0.5, 0.6) is 0 Å². The van der Waals surface area contributed by atoms with E-state index in [-0.39, 0.29) is 36.7 Å². The summed E-state index contributed by atoms with van der Waals surface area (Å²) < 4.78 is 0. The Labute approximate surface area is 239 Å². The fraction of sp³-hybridized carbons (Fsp3) is 0.387. The number of halogens is 2. The molecule has 1 heterocycles. The minimum atomic E-state index is -0.652. The Morgan fingerprint density at radius 1 is 1.03 bits per heavy atom. The lowest BCUT2D eigenvalue weighted by Crippen LogP contribution is -2.50. The van der Waals surface area contributed by atoms with Crippen LogP contribution in [0.3, 0.4) is 0 Å². The average molecular weight is 567 g/mol. The van der Waals surface area contributed by atoms with Crippen LogP contribution in [-0.4, -0.2) is 41.2 Å². The van der Waals surface area contributed by atoms with Crippen LogP contribution in [0, 0.1) is 0 Å². The van der Waals surface area contributed by atoms with E-state index in [1.807, 2.05) is 42.5 Å². The van der Waals surface area contributed by atoms with Gasteiger partial charge in [0, 0.05) is 36.5 Å². The van der Waals surface area contributed by atoms with E-state index >= 15 is 0 Å². The Kier molecular flexibility index (Phi) is 8.43. The minimum Gasteiger partial charge on any atom is -0.352 e. The van der Waals surface area contributed by atoms with E-state index < -0.39 is 6.04 Å². The van der Waals surface area contributed by atoms with Gasteiger partial charge in [0.2, 0.25) is 11.8 Å². The lowest BCUT2D eigenvalue weighted by atomic mass is 9.95. The van der Waals surface area contributed by atoms with Gasteiger partial charge in [0.15, 0.2) is 0 Å². The molecule has 1 N–H and O–H groups in total. The predicted molar refractivity (Wildman–Crippen MR) is 156 cm³/mol. The van der Waals surface area contributed by atoms with Crippen molar-refractivity contribution < 1.29 is 14.4 Å². The standard InChI is InChI=1S/C31H33Cl2N3O3/c1-20(30(38)34-23-10-3-2-4-11-23)36(19-21-15-16-25(32)26(33)18-21)28(37)14-7-17-35-27-13-6-9-22-8-5-12-24(29(22)27)31(35)39/h5-6,8-9,12-13,15-16,18,20,23H,2-4,7,10-11,14,17,19H2,1H3,(H,34,38)/t20-/m1/s1. The maximum atomic E-state index is 13.6. The highest BCUT2D eigenvalue weighted by atomic mass is 35.5. The Bertz CT molecular complexity index is 1400. The molecule has 0 aromatic heterocycles. The van der Waals surface area contributed by atoms with E-state index in [0.29, 0.717) is 28.6 Å². The van der Waals surface area contributed by atoms with Gasteiger partial charge in [-0.3, -0.25) is 14.4 Å². The van der Waals surface area contributed by atoms with Gasteiger partial charge in [-0.2, -0.15) is 0 Å². The molecule has 6 nitrogen and oxygen atoms in total. The molecule has 39 heavy (non-hydrogen) atoms. The number of rotatable bonds is 9. The first-order valence-electron chi connectivity index (χ1n) is 13.7. The highest BCUT2D eigenvalue weighted by Crippen LogP contribution is 2.37. The molecule has 0 spiro atoms. The summed E-state index contributed by atoms with van der Waals surface area (Å²) in [7, 11) is 0. The van der Waals surface area contributed by atoms with Gasteiger partial charge >= 0.3 is 0 Å². The molecule has 3 aromatic carbocycles. The van der Waals surface area contributed by atoms with Crippen LogP contribution in [0.2, 0.25) is 10.0 Å². The van der Waals surface area contributed by atoms with Crippen LogP contribution >= 0.6 is 23.2 Å². The van der Waals surface area contributed by atoms with E-state index in [0.717, 1.165) is 47.7 Å². The second kappa shape index (κ2) is 12.0. The van der Waals surface area contributed by atoms with Crippen LogP contribution in [-0.2, 0) is 16.1 Å². The number of hydrogen-bond acceptors (Lipinski definition) is 3. The van der Waals surface area contributed by atoms with E-state index in [1.54, 1.807) is 28.9 Å². The van der Waals surface area contributed by atoms with Gasteiger partial charge in [0.05, 0.1) is 15.7 Å². The molecule has 1 aliphatic carbocycles. The molecule has 8 heteroatoms. The van der Waals surface area contributed by atoms with Crippen molar-refractivity contribution in [3.8, 4) is 0 Å². The molecule has 0 saturated heterocycles. The zero-order valence-corrected chi connectivity index (χ0v) is 23.6. The predicted octanol–water partition coefficient (Wildman–Crippen LogP) is 6.75. The SMILES string of the molecule is C[C@H](C(=O)NC1CCCCC1)N(Cc1ccc(Cl)c(Cl)c1)C(=O)CCCN1C(=O)c2cccc3cccc1c23. The van der Waals surface area contributed by atoms with Gasteiger partial charge < -0.3 is 15.1 Å². The van der Waals surface area contributed by atoms with E-state index in [1.165, 1.54) is 6.42 Å². The molecule has 2 aliphatic rings. The summed E-state index contributed by atoms with van der Waals surface area (Å²) in [6.07, 6.45) is 6.04. The smallest absolute Gasteiger partial charge is 0.258 e. The zero-order chi connectivity index (χ0) is 27.5. The van der Waals surface area contributed by atoms with Gasteiger partial charge in [0.1, 0.15) is 6.04 Å². The van der Waals surface area contributed by atoms with E-state index in [9.17, 15) is 14.4 Å². The van der Waals surface area contributed by atoms with Crippen molar-refractivity contribution in [3.63, 3.8) is 0 Å². The van der Waals surface area contributed by atoms with Crippen LogP contribution in [0.4, 0.5) is 5.69 Å². The second-order valence-corrected chi connectivity index (χ2v) is 11.3. The van der Waals surface area contributed by atoms with Gasteiger partial charge in [0.25, 0.3) is 5.91 Å². The zero-order valence-electron chi connectivity index (χ0n) is 22.1. The summed E-state index contributed by atoms with van der Waals surface area (Å²) >= 11 is 12.3. The molecular formula is C31H33Cl2N3O3. The second-order valence-electron chi connectivity index (χ2n) is 10.5. The van der Waals surface area contributed by atoms with Crippen molar-refractivity contribution in [2.45, 2.75) is 70.5 Å². The maximum Gasteiger partial charge on any atom is 0.258 e. The topological polar surface area (TPSA) is 69.7 Å². The highest BCUT2D eigenvalue weighted by Gasteiger charge is 2.31. The Hall–Kier alpha value is -3.09. The summed E-state index contributed by atoms with van der Waals surface area (Å²) in [4.78, 5) is 43.3. The summed E-state index contributed by atoms with van der Waals surface area (Å²) in [5.74, 6) is -0.330. The number of anilines is 1. The van der Waals surface area contributed by atoms with E-state index in [4.69, 9.17) is 23.2 Å². The largest absolute Gasteiger partial charge is 0.352 e. The maximum absolute atomic E-state index is 13.6. The van der Waals surface area contributed by atoms with Gasteiger partial charge in [-0.05, 0) is 61.4 Å². The molecule has 1 saturated carbocycles. The van der Waals surface area contributed by atoms with Crippen LogP contribution in [0.15, 0.2) is 54.6 Å². The molecule has 3 amide bonds. The quantitative estimate of drug-likeness (QED) is 0.312. The van der Waals surface area contributed by atoms with Gasteiger partial charge in [-0.15, -0.1) is 0 Å². The first-order valence-corrected chi connectivity index (χ1v) is 14.5. The van der Waals surface area contributed by atoms with Gasteiger partial charge in [-0.1, -0.05) is 72.8 Å². The lowest BCUT2D eigenvalue weighted by molar-refractivity contribution is -0.141. The molecule has 1 atom stereocenters. The fourth-order valence-corrected chi connectivity index (χ4v) is 6.04. The number of amides is 3. The van der Waals surface area contributed by atoms with Crippen molar-refractivity contribution in [3.05, 3.63) is 75.8 Å². The third-order valence-electron chi connectivity index (χ3n) is 7.88. The Morgan fingerprint density at radius 2 is 1.77 bits per heavy atom. The first-order chi connectivity index (χ1) is 18.8. The van der Waals surface area contributed by atoms with Crippen LogP contribution < -0.4 is 10.2 Å². The molecule has 0 radical (unpaired) electrons. The van der Waals surface area contributed by atoms with Crippen LogP contribution in [0.25, 0.3) is 10.8 Å². The monoisotopic (exact) mass is 565 g/mol. The highest BCUT2D eigenvalue weighted by molar-refractivity contribution is 6.42. The number of hydrogen-bond donors (Lipinski definition) is 1. The lowest BCUT2D eigenvalue weighted by Gasteiger charge is -2.31. The number of nitrogens with one attached hydrogen (secondary N) is 1. The summed E-state index contributed by atoms with van der Waals surface area (Å²) in [6.45, 7) is 2.43. The number of carbonyl (C=O) groups excluding carboxylic acids is 3. The van der Waals surface area contributed by atoms with Crippen molar-refractivity contribution in [2.75, 3.05) is 11.4 Å².